The Kier molecular flexibility index (Phi) is 7.77. The molecule has 1 aromatic carbocycles. The van der Waals surface area contributed by atoms with Crippen molar-refractivity contribution >= 4 is 17.6 Å². The summed E-state index contributed by atoms with van der Waals surface area (Å²) >= 11 is 0. The fraction of sp³-hybridized carbons (Fsp3) is 0.600. The fourth-order valence-electron chi connectivity index (χ4n) is 2.96. The van der Waals surface area contributed by atoms with Crippen molar-refractivity contribution in [3.05, 3.63) is 29.3 Å². The van der Waals surface area contributed by atoms with Gasteiger partial charge in [-0.05, 0) is 56.5 Å². The summed E-state index contributed by atoms with van der Waals surface area (Å²) in [7, 11) is 3.48. The third-order valence-corrected chi connectivity index (χ3v) is 4.81. The monoisotopic (exact) mass is 377 g/mol. The number of benzene rings is 1. The smallest absolute Gasteiger partial charge is 0.305 e. The Labute approximate surface area is 161 Å². The molecule has 1 aliphatic heterocycles. The van der Waals surface area contributed by atoms with Crippen molar-refractivity contribution in [2.24, 2.45) is 5.73 Å². The first-order valence-electron chi connectivity index (χ1n) is 9.37. The molecule has 0 aromatic heterocycles. The standard InChI is InChI=1S/C20H31N3O4/c1-20(21,14-27-12-4-5-18(24)26-3)19(25)22-17-7-6-15-8-10-23(2)11-9-16(15)13-17/h6-7,13H,4-5,8-12,14,21H2,1-3H3,(H,22,25). The van der Waals surface area contributed by atoms with Crippen LogP contribution in [0.25, 0.3) is 0 Å². The summed E-state index contributed by atoms with van der Waals surface area (Å²) < 4.78 is 10.0. The Morgan fingerprint density at radius 3 is 2.67 bits per heavy atom. The van der Waals surface area contributed by atoms with E-state index in [0.29, 0.717) is 13.0 Å². The quantitative estimate of drug-likeness (QED) is 0.525. The van der Waals surface area contributed by atoms with Crippen LogP contribution in [0.2, 0.25) is 0 Å². The van der Waals surface area contributed by atoms with Gasteiger partial charge in [-0.3, -0.25) is 9.59 Å². The zero-order chi connectivity index (χ0) is 19.9. The molecule has 1 aliphatic rings. The lowest BCUT2D eigenvalue weighted by Crippen LogP contribution is -2.52. The maximum absolute atomic E-state index is 12.5. The minimum atomic E-state index is -1.15. The highest BCUT2D eigenvalue weighted by atomic mass is 16.5. The Bertz CT molecular complexity index is 661. The van der Waals surface area contributed by atoms with Crippen molar-refractivity contribution in [2.75, 3.05) is 45.8 Å². The van der Waals surface area contributed by atoms with E-state index in [9.17, 15) is 9.59 Å². The van der Waals surface area contributed by atoms with Crippen molar-refractivity contribution in [2.45, 2.75) is 38.1 Å². The normalized spacial score (nSPS) is 16.7. The molecule has 2 rings (SSSR count). The Morgan fingerprint density at radius 2 is 1.96 bits per heavy atom. The van der Waals surface area contributed by atoms with Gasteiger partial charge in [0.25, 0.3) is 0 Å². The van der Waals surface area contributed by atoms with Gasteiger partial charge in [0.2, 0.25) is 5.91 Å². The van der Waals surface area contributed by atoms with Crippen molar-refractivity contribution in [1.82, 2.24) is 4.90 Å². The summed E-state index contributed by atoms with van der Waals surface area (Å²) in [6.45, 7) is 4.13. The number of nitrogens with two attached hydrogens (primary N) is 1. The first-order valence-corrected chi connectivity index (χ1v) is 9.37. The number of anilines is 1. The van der Waals surface area contributed by atoms with Gasteiger partial charge in [-0.25, -0.2) is 0 Å². The van der Waals surface area contributed by atoms with Crippen LogP contribution in [0.3, 0.4) is 0 Å². The van der Waals surface area contributed by atoms with E-state index >= 15 is 0 Å². The van der Waals surface area contributed by atoms with Crippen LogP contribution >= 0.6 is 0 Å². The molecule has 0 bridgehead atoms. The molecule has 0 aliphatic carbocycles. The van der Waals surface area contributed by atoms with Crippen LogP contribution < -0.4 is 11.1 Å². The molecule has 1 amide bonds. The van der Waals surface area contributed by atoms with Crippen LogP contribution in [0, 0.1) is 0 Å². The summed E-state index contributed by atoms with van der Waals surface area (Å²) in [5.41, 5.74) is 8.33. The van der Waals surface area contributed by atoms with E-state index in [-0.39, 0.29) is 24.9 Å². The van der Waals surface area contributed by atoms with Crippen LogP contribution in [0.15, 0.2) is 18.2 Å². The summed E-state index contributed by atoms with van der Waals surface area (Å²) in [5, 5.41) is 2.90. The lowest BCUT2D eigenvalue weighted by Gasteiger charge is -2.23. The molecule has 27 heavy (non-hydrogen) atoms. The van der Waals surface area contributed by atoms with E-state index < -0.39 is 5.54 Å². The third-order valence-electron chi connectivity index (χ3n) is 4.81. The molecule has 1 atom stereocenters. The topological polar surface area (TPSA) is 93.9 Å². The Morgan fingerprint density at radius 1 is 1.26 bits per heavy atom. The molecule has 0 radical (unpaired) electrons. The Hall–Kier alpha value is -1.96. The lowest BCUT2D eigenvalue weighted by molar-refractivity contribution is -0.141. The van der Waals surface area contributed by atoms with E-state index in [0.717, 1.165) is 31.6 Å². The fourth-order valence-corrected chi connectivity index (χ4v) is 2.96. The molecule has 150 valence electrons. The number of carbonyl (C=O) groups is 2. The van der Waals surface area contributed by atoms with Gasteiger partial charge in [0.15, 0.2) is 0 Å². The third kappa shape index (κ3) is 6.61. The lowest BCUT2D eigenvalue weighted by atomic mass is 10.0. The average Bonchev–Trinajstić information content (AvgIpc) is 2.82. The predicted octanol–water partition coefficient (Wildman–Crippen LogP) is 1.34. The van der Waals surface area contributed by atoms with Gasteiger partial charge in [-0.2, -0.15) is 0 Å². The van der Waals surface area contributed by atoms with Crippen LogP contribution in [0.4, 0.5) is 5.69 Å². The second kappa shape index (κ2) is 9.82. The van der Waals surface area contributed by atoms with Crippen LogP contribution in [-0.2, 0) is 31.9 Å². The number of hydrogen-bond acceptors (Lipinski definition) is 6. The van der Waals surface area contributed by atoms with Crippen LogP contribution in [0.5, 0.6) is 0 Å². The van der Waals surface area contributed by atoms with Crippen molar-refractivity contribution in [1.29, 1.82) is 0 Å². The number of amides is 1. The molecule has 0 saturated heterocycles. The summed E-state index contributed by atoms with van der Waals surface area (Å²) in [6.07, 6.45) is 2.81. The van der Waals surface area contributed by atoms with E-state index in [1.165, 1.54) is 18.2 Å². The molecule has 1 unspecified atom stereocenters. The number of nitrogens with zero attached hydrogens (tertiary/aromatic N) is 1. The van der Waals surface area contributed by atoms with E-state index in [1.807, 2.05) is 12.1 Å². The first-order chi connectivity index (χ1) is 12.8. The number of methoxy groups -OCH3 is 1. The summed E-state index contributed by atoms with van der Waals surface area (Å²) in [5.74, 6) is -0.567. The number of nitrogens with one attached hydrogen (secondary N) is 1. The number of fused-ring (bicyclic) bond motifs is 1. The first kappa shape index (κ1) is 21.3. The minimum absolute atomic E-state index is 0.0791. The molecule has 7 nitrogen and oxygen atoms in total. The maximum Gasteiger partial charge on any atom is 0.305 e. The minimum Gasteiger partial charge on any atom is -0.469 e. The van der Waals surface area contributed by atoms with Gasteiger partial charge in [0, 0.05) is 31.8 Å². The van der Waals surface area contributed by atoms with Gasteiger partial charge in [-0.15, -0.1) is 0 Å². The maximum atomic E-state index is 12.5. The van der Waals surface area contributed by atoms with E-state index in [4.69, 9.17) is 10.5 Å². The zero-order valence-electron chi connectivity index (χ0n) is 16.5. The summed E-state index contributed by atoms with van der Waals surface area (Å²) in [4.78, 5) is 25.9. The van der Waals surface area contributed by atoms with Crippen molar-refractivity contribution < 1.29 is 19.1 Å². The molecule has 1 aromatic rings. The van der Waals surface area contributed by atoms with Gasteiger partial charge in [0.1, 0.15) is 5.54 Å². The zero-order valence-corrected chi connectivity index (χ0v) is 16.5. The molecule has 3 N–H and O–H groups in total. The number of carbonyl (C=O) groups excluding carboxylic acids is 2. The SMILES string of the molecule is COC(=O)CCCOCC(C)(N)C(=O)Nc1ccc2c(c1)CCN(C)CC2. The van der Waals surface area contributed by atoms with Crippen LogP contribution in [-0.4, -0.2) is 62.8 Å². The highest BCUT2D eigenvalue weighted by Crippen LogP contribution is 2.21. The largest absolute Gasteiger partial charge is 0.469 e. The number of hydrogen-bond donors (Lipinski definition) is 2. The van der Waals surface area contributed by atoms with Gasteiger partial charge >= 0.3 is 5.97 Å². The van der Waals surface area contributed by atoms with Crippen LogP contribution in [0.1, 0.15) is 30.9 Å². The highest BCUT2D eigenvalue weighted by Gasteiger charge is 2.29. The molecular weight excluding hydrogens is 346 g/mol. The predicted molar refractivity (Wildman–Crippen MR) is 105 cm³/mol. The van der Waals surface area contributed by atoms with Crippen molar-refractivity contribution in [3.63, 3.8) is 0 Å². The molecule has 0 saturated carbocycles. The average molecular weight is 377 g/mol. The molecule has 0 fully saturated rings. The molecule has 0 spiro atoms. The summed E-state index contributed by atoms with van der Waals surface area (Å²) in [6, 6.07) is 6.05. The van der Waals surface area contributed by atoms with E-state index in [1.54, 1.807) is 6.92 Å². The van der Waals surface area contributed by atoms with Gasteiger partial charge in [-0.1, -0.05) is 6.07 Å². The second-order valence-corrected chi connectivity index (χ2v) is 7.39. The van der Waals surface area contributed by atoms with Crippen molar-refractivity contribution in [3.8, 4) is 0 Å². The van der Waals surface area contributed by atoms with Gasteiger partial charge < -0.3 is 25.4 Å². The molecule has 7 heteroatoms. The molecular formula is C20H31N3O4. The number of esters is 1. The number of likely N-dealkylation sites (N-methyl/N-ethyl adjacent to an activating group) is 1. The highest BCUT2D eigenvalue weighted by molar-refractivity contribution is 5.97. The van der Waals surface area contributed by atoms with E-state index in [2.05, 4.69) is 28.1 Å². The number of ether oxygens (including phenoxy) is 2. The number of rotatable bonds is 8. The van der Waals surface area contributed by atoms with Gasteiger partial charge in [0.05, 0.1) is 13.7 Å². The second-order valence-electron chi connectivity index (χ2n) is 7.39. The Balaban J connectivity index is 1.85. The molecule has 1 heterocycles.